The van der Waals surface area contributed by atoms with E-state index in [9.17, 15) is 4.79 Å². The van der Waals surface area contributed by atoms with Crippen LogP contribution in [0.25, 0.3) is 0 Å². The first-order valence-electron chi connectivity index (χ1n) is 6.66. The van der Waals surface area contributed by atoms with Gasteiger partial charge in [-0.3, -0.25) is 9.78 Å². The van der Waals surface area contributed by atoms with Gasteiger partial charge < -0.3 is 10.6 Å². The van der Waals surface area contributed by atoms with Crippen molar-refractivity contribution in [3.05, 3.63) is 59.9 Å². The number of carbonyl (C=O) groups is 1. The molecule has 0 spiro atoms. The maximum atomic E-state index is 12.3. The van der Waals surface area contributed by atoms with Crippen LogP contribution in [0.3, 0.4) is 0 Å². The van der Waals surface area contributed by atoms with Crippen LogP contribution in [0, 0.1) is 6.92 Å². The number of hydrogen-bond acceptors (Lipinski definition) is 3. The van der Waals surface area contributed by atoms with Crippen LogP contribution < -0.4 is 10.6 Å². The Kier molecular flexibility index (Phi) is 4.85. The van der Waals surface area contributed by atoms with Crippen molar-refractivity contribution >= 4 is 11.6 Å². The van der Waals surface area contributed by atoms with E-state index in [1.165, 1.54) is 5.56 Å². The summed E-state index contributed by atoms with van der Waals surface area (Å²) < 4.78 is 0. The number of aryl methyl sites for hydroxylation is 1. The minimum absolute atomic E-state index is 0.0353. The Balaban J connectivity index is 2.25. The average Bonchev–Trinajstić information content (AvgIpc) is 2.47. The summed E-state index contributed by atoms with van der Waals surface area (Å²) in [7, 11) is 0. The van der Waals surface area contributed by atoms with Gasteiger partial charge in [0.25, 0.3) is 0 Å². The molecule has 0 aliphatic rings. The van der Waals surface area contributed by atoms with Crippen LogP contribution in [0.5, 0.6) is 0 Å². The molecule has 104 valence electrons. The number of pyridine rings is 1. The van der Waals surface area contributed by atoms with Crippen molar-refractivity contribution < 1.29 is 4.79 Å². The molecule has 2 N–H and O–H groups in total. The standard InChI is InChI=1S/C16H19N3O/c1-13-2-4-15(5-3-13)19(16(20)6-9-17)12-14-7-10-18-11-8-14/h2-5,7-8,10-11H,6,9,12,17H2,1H3. The first-order chi connectivity index (χ1) is 9.70. The van der Waals surface area contributed by atoms with Crippen LogP contribution in [-0.4, -0.2) is 17.4 Å². The molecule has 0 aliphatic heterocycles. The number of carbonyl (C=O) groups excluding carboxylic acids is 1. The maximum Gasteiger partial charge on any atom is 0.228 e. The van der Waals surface area contributed by atoms with Gasteiger partial charge in [-0.25, -0.2) is 0 Å². The average molecular weight is 269 g/mol. The molecule has 1 aromatic heterocycles. The molecular formula is C16H19N3O. The van der Waals surface area contributed by atoms with Gasteiger partial charge in [0.05, 0.1) is 6.54 Å². The molecular weight excluding hydrogens is 250 g/mol. The van der Waals surface area contributed by atoms with Gasteiger partial charge in [0.2, 0.25) is 5.91 Å². The molecule has 0 radical (unpaired) electrons. The third-order valence-corrected chi connectivity index (χ3v) is 3.09. The molecule has 20 heavy (non-hydrogen) atoms. The number of hydrogen-bond donors (Lipinski definition) is 1. The van der Waals surface area contributed by atoms with E-state index in [1.807, 2.05) is 43.3 Å². The van der Waals surface area contributed by atoms with Crippen LogP contribution in [0.1, 0.15) is 17.5 Å². The van der Waals surface area contributed by atoms with Gasteiger partial charge in [-0.05, 0) is 36.8 Å². The second-order valence-corrected chi connectivity index (χ2v) is 4.71. The SMILES string of the molecule is Cc1ccc(N(Cc2ccncc2)C(=O)CCN)cc1. The molecule has 0 unspecified atom stereocenters. The van der Waals surface area contributed by atoms with E-state index < -0.39 is 0 Å². The van der Waals surface area contributed by atoms with E-state index in [1.54, 1.807) is 17.3 Å². The molecule has 0 saturated heterocycles. The van der Waals surface area contributed by atoms with Gasteiger partial charge >= 0.3 is 0 Å². The van der Waals surface area contributed by atoms with E-state index in [4.69, 9.17) is 5.73 Å². The first kappa shape index (κ1) is 14.2. The molecule has 1 aromatic carbocycles. The maximum absolute atomic E-state index is 12.3. The smallest absolute Gasteiger partial charge is 0.228 e. The minimum Gasteiger partial charge on any atom is -0.330 e. The number of rotatable bonds is 5. The van der Waals surface area contributed by atoms with Crippen molar-refractivity contribution in [2.75, 3.05) is 11.4 Å². The number of amides is 1. The Labute approximate surface area is 119 Å². The second-order valence-electron chi connectivity index (χ2n) is 4.71. The van der Waals surface area contributed by atoms with Crippen LogP contribution in [-0.2, 0) is 11.3 Å². The summed E-state index contributed by atoms with van der Waals surface area (Å²) in [6.07, 6.45) is 3.81. The number of anilines is 1. The van der Waals surface area contributed by atoms with Crippen LogP contribution in [0.4, 0.5) is 5.69 Å². The number of nitrogens with two attached hydrogens (primary N) is 1. The zero-order valence-corrected chi connectivity index (χ0v) is 11.6. The van der Waals surface area contributed by atoms with Crippen LogP contribution in [0.15, 0.2) is 48.8 Å². The third kappa shape index (κ3) is 3.65. The number of nitrogens with zero attached hydrogens (tertiary/aromatic N) is 2. The zero-order chi connectivity index (χ0) is 14.4. The molecule has 2 aromatic rings. The second kappa shape index (κ2) is 6.82. The van der Waals surface area contributed by atoms with Crippen molar-refractivity contribution in [3.8, 4) is 0 Å². The summed E-state index contributed by atoms with van der Waals surface area (Å²) in [6.45, 7) is 2.92. The highest BCUT2D eigenvalue weighted by atomic mass is 16.2. The Hall–Kier alpha value is -2.20. The van der Waals surface area contributed by atoms with E-state index in [0.29, 0.717) is 19.5 Å². The fourth-order valence-corrected chi connectivity index (χ4v) is 1.98. The first-order valence-corrected chi connectivity index (χ1v) is 6.66. The molecule has 0 bridgehead atoms. The number of aromatic nitrogens is 1. The predicted octanol–water partition coefficient (Wildman–Crippen LogP) is 2.27. The highest BCUT2D eigenvalue weighted by Gasteiger charge is 2.15. The predicted molar refractivity (Wildman–Crippen MR) is 80.3 cm³/mol. The van der Waals surface area contributed by atoms with Gasteiger partial charge in [-0.2, -0.15) is 0 Å². The number of benzene rings is 1. The molecule has 4 heteroatoms. The molecule has 0 aliphatic carbocycles. The Morgan fingerprint density at radius 2 is 1.80 bits per heavy atom. The Morgan fingerprint density at radius 1 is 1.15 bits per heavy atom. The molecule has 2 rings (SSSR count). The molecule has 0 fully saturated rings. The minimum atomic E-state index is 0.0353. The van der Waals surface area contributed by atoms with Crippen LogP contribution >= 0.6 is 0 Å². The van der Waals surface area contributed by atoms with E-state index >= 15 is 0 Å². The summed E-state index contributed by atoms with van der Waals surface area (Å²) >= 11 is 0. The van der Waals surface area contributed by atoms with Crippen molar-refractivity contribution in [1.29, 1.82) is 0 Å². The van der Waals surface area contributed by atoms with Crippen molar-refractivity contribution in [2.24, 2.45) is 5.73 Å². The van der Waals surface area contributed by atoms with Crippen molar-refractivity contribution in [3.63, 3.8) is 0 Å². The lowest BCUT2D eigenvalue weighted by molar-refractivity contribution is -0.118. The fraction of sp³-hybridized carbons (Fsp3) is 0.250. The van der Waals surface area contributed by atoms with Crippen molar-refractivity contribution in [1.82, 2.24) is 4.98 Å². The van der Waals surface area contributed by atoms with Gasteiger partial charge in [-0.1, -0.05) is 17.7 Å². The monoisotopic (exact) mass is 269 g/mol. The lowest BCUT2D eigenvalue weighted by atomic mass is 10.1. The topological polar surface area (TPSA) is 59.2 Å². The quantitative estimate of drug-likeness (QED) is 0.905. The van der Waals surface area contributed by atoms with Gasteiger partial charge in [0.15, 0.2) is 0 Å². The normalized spacial score (nSPS) is 10.3. The largest absolute Gasteiger partial charge is 0.330 e. The fourth-order valence-electron chi connectivity index (χ4n) is 1.98. The van der Waals surface area contributed by atoms with E-state index in [-0.39, 0.29) is 5.91 Å². The summed E-state index contributed by atoms with van der Waals surface area (Å²) in [6, 6.07) is 11.8. The molecule has 1 heterocycles. The van der Waals surface area contributed by atoms with E-state index in [2.05, 4.69) is 4.98 Å². The van der Waals surface area contributed by atoms with Crippen LogP contribution in [0.2, 0.25) is 0 Å². The Morgan fingerprint density at radius 3 is 2.40 bits per heavy atom. The molecule has 0 atom stereocenters. The van der Waals surface area contributed by atoms with Gasteiger partial charge in [0, 0.05) is 31.0 Å². The summed E-state index contributed by atoms with van der Waals surface area (Å²) in [4.78, 5) is 18.0. The van der Waals surface area contributed by atoms with E-state index in [0.717, 1.165) is 11.3 Å². The summed E-state index contributed by atoms with van der Waals surface area (Å²) in [5, 5.41) is 0. The molecule has 1 amide bonds. The molecule has 0 saturated carbocycles. The lowest BCUT2D eigenvalue weighted by Crippen LogP contribution is -2.31. The highest BCUT2D eigenvalue weighted by molar-refractivity contribution is 5.93. The van der Waals surface area contributed by atoms with Crippen molar-refractivity contribution in [2.45, 2.75) is 19.9 Å². The molecule has 4 nitrogen and oxygen atoms in total. The van der Waals surface area contributed by atoms with Gasteiger partial charge in [-0.15, -0.1) is 0 Å². The zero-order valence-electron chi connectivity index (χ0n) is 11.6. The summed E-state index contributed by atoms with van der Waals surface area (Å²) in [5.41, 5.74) is 8.62. The Bertz CT molecular complexity index is 552. The lowest BCUT2D eigenvalue weighted by Gasteiger charge is -2.23. The highest BCUT2D eigenvalue weighted by Crippen LogP contribution is 2.19. The summed E-state index contributed by atoms with van der Waals surface area (Å²) in [5.74, 6) is 0.0353. The van der Waals surface area contributed by atoms with Gasteiger partial charge in [0.1, 0.15) is 0 Å². The third-order valence-electron chi connectivity index (χ3n) is 3.09.